The van der Waals surface area contributed by atoms with Crippen molar-refractivity contribution in [2.24, 2.45) is 0 Å². The molecular weight excluding hydrogens is 513 g/mol. The highest BCUT2D eigenvalue weighted by molar-refractivity contribution is 7.92. The van der Waals surface area contributed by atoms with Gasteiger partial charge in [-0.25, -0.2) is 8.42 Å². The number of rotatable bonds is 12. The normalized spacial score (nSPS) is 12.1. The molecule has 2 aromatic rings. The molecule has 0 spiro atoms. The van der Waals surface area contributed by atoms with Gasteiger partial charge in [-0.05, 0) is 49.2 Å². The summed E-state index contributed by atoms with van der Waals surface area (Å²) >= 11 is 12.3. The molecule has 1 N–H and O–H groups in total. The standard InChI is InChI=1S/C24H31Cl2N3O5S/c1-5-6-13-27-24(31)17(2)28(15-18-7-10-20(34-3)11-8-18)23(30)16-29(35(4,32)33)22-14-19(25)9-12-21(22)26/h7-12,14,17H,5-6,13,15-16H2,1-4H3,(H,27,31)/t17-/m0/s1. The molecule has 0 saturated carbocycles. The van der Waals surface area contributed by atoms with E-state index in [4.69, 9.17) is 27.9 Å². The number of carbonyl (C=O) groups excluding carboxylic acids is 2. The summed E-state index contributed by atoms with van der Waals surface area (Å²) in [6.45, 7) is 3.64. The number of nitrogens with one attached hydrogen (secondary N) is 1. The minimum Gasteiger partial charge on any atom is -0.497 e. The summed E-state index contributed by atoms with van der Waals surface area (Å²) in [7, 11) is -2.36. The van der Waals surface area contributed by atoms with Crippen molar-refractivity contribution < 1.29 is 22.7 Å². The predicted molar refractivity (Wildman–Crippen MR) is 140 cm³/mol. The molecule has 0 unspecified atom stereocenters. The van der Waals surface area contributed by atoms with E-state index in [-0.39, 0.29) is 28.2 Å². The second-order valence-electron chi connectivity index (χ2n) is 8.06. The Balaban J connectivity index is 2.38. The third-order valence-electron chi connectivity index (χ3n) is 5.36. The van der Waals surface area contributed by atoms with Crippen molar-refractivity contribution in [2.75, 3.05) is 30.8 Å². The Bertz CT molecular complexity index is 1130. The SMILES string of the molecule is CCCCNC(=O)[C@H](C)N(Cc1ccc(OC)cc1)C(=O)CN(c1cc(Cl)ccc1Cl)S(C)(=O)=O. The fraction of sp³-hybridized carbons (Fsp3) is 0.417. The van der Waals surface area contributed by atoms with Gasteiger partial charge in [-0.15, -0.1) is 0 Å². The molecule has 2 aromatic carbocycles. The Morgan fingerprint density at radius 2 is 1.77 bits per heavy atom. The fourth-order valence-electron chi connectivity index (χ4n) is 3.32. The summed E-state index contributed by atoms with van der Waals surface area (Å²) in [5.74, 6) is -0.247. The van der Waals surface area contributed by atoms with E-state index in [2.05, 4.69) is 5.32 Å². The molecule has 0 bridgehead atoms. The summed E-state index contributed by atoms with van der Waals surface area (Å²) in [6, 6.07) is 10.6. The van der Waals surface area contributed by atoms with Gasteiger partial charge < -0.3 is 15.0 Å². The molecule has 2 amide bonds. The highest BCUT2D eigenvalue weighted by Gasteiger charge is 2.30. The van der Waals surface area contributed by atoms with Gasteiger partial charge in [0.15, 0.2) is 0 Å². The zero-order valence-corrected chi connectivity index (χ0v) is 22.6. The molecule has 0 saturated heterocycles. The van der Waals surface area contributed by atoms with E-state index in [1.165, 1.54) is 23.1 Å². The summed E-state index contributed by atoms with van der Waals surface area (Å²) in [5.41, 5.74) is 0.832. The number of unbranched alkanes of at least 4 members (excludes halogenated alkanes) is 1. The van der Waals surface area contributed by atoms with Gasteiger partial charge in [0.05, 0.1) is 24.1 Å². The Hall–Kier alpha value is -2.49. The summed E-state index contributed by atoms with van der Waals surface area (Å²) in [4.78, 5) is 27.7. The van der Waals surface area contributed by atoms with Crippen LogP contribution >= 0.6 is 23.2 Å². The lowest BCUT2D eigenvalue weighted by Gasteiger charge is -2.31. The Kier molecular flexibility index (Phi) is 10.7. The van der Waals surface area contributed by atoms with Gasteiger partial charge in [0.2, 0.25) is 21.8 Å². The molecule has 0 heterocycles. The van der Waals surface area contributed by atoms with Gasteiger partial charge in [0.25, 0.3) is 0 Å². The quantitative estimate of drug-likeness (QED) is 0.406. The first-order chi connectivity index (χ1) is 16.5. The molecule has 0 aromatic heterocycles. The number of amides is 2. The molecule has 192 valence electrons. The van der Waals surface area contributed by atoms with E-state index in [1.54, 1.807) is 38.3 Å². The third-order valence-corrected chi connectivity index (χ3v) is 7.05. The van der Waals surface area contributed by atoms with Crippen molar-refractivity contribution >= 4 is 50.7 Å². The number of benzene rings is 2. The van der Waals surface area contributed by atoms with Crippen LogP contribution in [-0.2, 0) is 26.2 Å². The molecule has 0 fully saturated rings. The van der Waals surface area contributed by atoms with Crippen molar-refractivity contribution in [1.82, 2.24) is 10.2 Å². The zero-order chi connectivity index (χ0) is 26.2. The Morgan fingerprint density at radius 3 is 2.34 bits per heavy atom. The summed E-state index contributed by atoms with van der Waals surface area (Å²) in [5, 5.41) is 3.22. The minimum atomic E-state index is -3.91. The lowest BCUT2D eigenvalue weighted by molar-refractivity contribution is -0.139. The van der Waals surface area contributed by atoms with E-state index < -0.39 is 28.5 Å². The van der Waals surface area contributed by atoms with Gasteiger partial charge in [-0.1, -0.05) is 48.7 Å². The van der Waals surface area contributed by atoms with Crippen molar-refractivity contribution in [3.05, 3.63) is 58.1 Å². The maximum Gasteiger partial charge on any atom is 0.244 e. The third kappa shape index (κ3) is 8.30. The molecule has 8 nitrogen and oxygen atoms in total. The second kappa shape index (κ2) is 13.0. The van der Waals surface area contributed by atoms with E-state index in [0.29, 0.717) is 12.3 Å². The number of carbonyl (C=O) groups is 2. The number of nitrogens with zero attached hydrogens (tertiary/aromatic N) is 2. The number of hydrogen-bond donors (Lipinski definition) is 1. The van der Waals surface area contributed by atoms with Crippen molar-refractivity contribution in [2.45, 2.75) is 39.3 Å². The van der Waals surface area contributed by atoms with Crippen LogP contribution in [0.15, 0.2) is 42.5 Å². The number of methoxy groups -OCH3 is 1. The van der Waals surface area contributed by atoms with E-state index >= 15 is 0 Å². The number of sulfonamides is 1. The molecule has 11 heteroatoms. The Morgan fingerprint density at radius 1 is 1.11 bits per heavy atom. The maximum absolute atomic E-state index is 13.5. The summed E-state index contributed by atoms with van der Waals surface area (Å²) < 4.78 is 31.3. The first-order valence-corrected chi connectivity index (χ1v) is 13.7. The number of anilines is 1. The lowest BCUT2D eigenvalue weighted by atomic mass is 10.1. The van der Waals surface area contributed by atoms with E-state index in [9.17, 15) is 18.0 Å². The maximum atomic E-state index is 13.5. The zero-order valence-electron chi connectivity index (χ0n) is 20.3. The molecule has 1 atom stereocenters. The molecule has 0 aliphatic rings. The smallest absolute Gasteiger partial charge is 0.244 e. The molecule has 0 aliphatic heterocycles. The first kappa shape index (κ1) is 28.7. The Labute approximate surface area is 217 Å². The van der Waals surface area contributed by atoms with Gasteiger partial charge in [-0.2, -0.15) is 0 Å². The van der Waals surface area contributed by atoms with E-state index in [1.807, 2.05) is 6.92 Å². The van der Waals surface area contributed by atoms with Crippen LogP contribution in [0.1, 0.15) is 32.3 Å². The van der Waals surface area contributed by atoms with Crippen molar-refractivity contribution in [1.29, 1.82) is 0 Å². The lowest BCUT2D eigenvalue weighted by Crippen LogP contribution is -2.51. The van der Waals surface area contributed by atoms with Crippen LogP contribution in [0.5, 0.6) is 5.75 Å². The van der Waals surface area contributed by atoms with E-state index in [0.717, 1.165) is 29.0 Å². The molecule has 35 heavy (non-hydrogen) atoms. The van der Waals surface area contributed by atoms with Crippen LogP contribution in [0.3, 0.4) is 0 Å². The first-order valence-electron chi connectivity index (χ1n) is 11.1. The second-order valence-corrected chi connectivity index (χ2v) is 10.8. The average Bonchev–Trinajstić information content (AvgIpc) is 2.81. The van der Waals surface area contributed by atoms with Crippen LogP contribution in [0.2, 0.25) is 10.0 Å². The highest BCUT2D eigenvalue weighted by atomic mass is 35.5. The van der Waals surface area contributed by atoms with Crippen LogP contribution in [0.25, 0.3) is 0 Å². The van der Waals surface area contributed by atoms with Gasteiger partial charge in [0.1, 0.15) is 18.3 Å². The minimum absolute atomic E-state index is 0.0828. The largest absolute Gasteiger partial charge is 0.497 e. The molecule has 0 radical (unpaired) electrons. The number of ether oxygens (including phenoxy) is 1. The van der Waals surface area contributed by atoms with Crippen molar-refractivity contribution in [3.63, 3.8) is 0 Å². The average molecular weight is 545 g/mol. The van der Waals surface area contributed by atoms with Crippen LogP contribution in [-0.4, -0.2) is 57.6 Å². The monoisotopic (exact) mass is 543 g/mol. The van der Waals surface area contributed by atoms with Crippen LogP contribution in [0, 0.1) is 0 Å². The van der Waals surface area contributed by atoms with Gasteiger partial charge in [-0.3, -0.25) is 13.9 Å². The highest BCUT2D eigenvalue weighted by Crippen LogP contribution is 2.31. The van der Waals surface area contributed by atoms with Crippen molar-refractivity contribution in [3.8, 4) is 5.75 Å². The van der Waals surface area contributed by atoms with Gasteiger partial charge in [0, 0.05) is 18.1 Å². The molecular formula is C24H31Cl2N3O5S. The number of halogens is 2. The predicted octanol–water partition coefficient (Wildman–Crippen LogP) is 4.10. The van der Waals surface area contributed by atoms with Crippen LogP contribution in [0.4, 0.5) is 5.69 Å². The number of hydrogen-bond acceptors (Lipinski definition) is 5. The topological polar surface area (TPSA) is 96.0 Å². The van der Waals surface area contributed by atoms with Crippen LogP contribution < -0.4 is 14.4 Å². The van der Waals surface area contributed by atoms with Gasteiger partial charge >= 0.3 is 0 Å². The molecule has 2 rings (SSSR count). The molecule has 0 aliphatic carbocycles. The fourth-order valence-corrected chi connectivity index (χ4v) is 4.61. The summed E-state index contributed by atoms with van der Waals surface area (Å²) in [6.07, 6.45) is 2.69.